The van der Waals surface area contributed by atoms with E-state index < -0.39 is 41.2 Å². The van der Waals surface area contributed by atoms with Gasteiger partial charge in [0.05, 0.1) is 11.3 Å². The van der Waals surface area contributed by atoms with E-state index in [1.165, 1.54) is 25.1 Å². The van der Waals surface area contributed by atoms with Gasteiger partial charge in [-0.15, -0.1) is 0 Å². The van der Waals surface area contributed by atoms with Crippen molar-refractivity contribution >= 4 is 23.2 Å². The summed E-state index contributed by atoms with van der Waals surface area (Å²) in [6.45, 7) is 1.41. The quantitative estimate of drug-likeness (QED) is 0.491. The zero-order chi connectivity index (χ0) is 23.3. The van der Waals surface area contributed by atoms with Crippen LogP contribution in [0.1, 0.15) is 22.8 Å². The lowest BCUT2D eigenvalue weighted by Crippen LogP contribution is -2.31. The average molecular weight is 446 g/mol. The highest BCUT2D eigenvalue weighted by molar-refractivity contribution is 6.04. The first kappa shape index (κ1) is 22.8. The maximum atomic E-state index is 13.6. The Bertz CT molecular complexity index is 1100. The van der Waals surface area contributed by atoms with E-state index in [4.69, 9.17) is 4.74 Å². The number of para-hydroxylation sites is 1. The van der Waals surface area contributed by atoms with Gasteiger partial charge in [-0.3, -0.25) is 9.59 Å². The molecule has 0 aliphatic carbocycles. The predicted molar refractivity (Wildman–Crippen MR) is 111 cm³/mol. The van der Waals surface area contributed by atoms with E-state index in [1.807, 2.05) is 0 Å². The van der Waals surface area contributed by atoms with Crippen LogP contribution in [0.5, 0.6) is 5.75 Å². The number of nitrogens with one attached hydrogen (secondary N) is 2. The van der Waals surface area contributed by atoms with E-state index in [-0.39, 0.29) is 11.3 Å². The molecule has 1 atom stereocenters. The SMILES string of the molecule is CC(Oc1ccccc1)C(=O)Nc1ccc(NC(=O)c2ccc(F)cc2)cc1C(F)(F)F. The largest absolute Gasteiger partial charge is 0.481 e. The Balaban J connectivity index is 1.77. The highest BCUT2D eigenvalue weighted by atomic mass is 19.4. The summed E-state index contributed by atoms with van der Waals surface area (Å²) in [5.41, 5.74) is -1.69. The number of hydrogen-bond donors (Lipinski definition) is 2. The molecule has 0 spiro atoms. The summed E-state index contributed by atoms with van der Waals surface area (Å²) in [4.78, 5) is 24.6. The van der Waals surface area contributed by atoms with E-state index >= 15 is 0 Å². The summed E-state index contributed by atoms with van der Waals surface area (Å²) >= 11 is 0. The van der Waals surface area contributed by atoms with Crippen LogP contribution in [0.15, 0.2) is 72.8 Å². The Labute approximate surface area is 181 Å². The molecule has 2 N–H and O–H groups in total. The van der Waals surface area contributed by atoms with Crippen LogP contribution in [-0.2, 0) is 11.0 Å². The topological polar surface area (TPSA) is 67.4 Å². The zero-order valence-corrected chi connectivity index (χ0v) is 16.7. The third kappa shape index (κ3) is 5.84. The fourth-order valence-electron chi connectivity index (χ4n) is 2.76. The number of hydrogen-bond acceptors (Lipinski definition) is 3. The molecule has 3 rings (SSSR count). The molecule has 0 bridgehead atoms. The van der Waals surface area contributed by atoms with E-state index in [1.54, 1.807) is 30.3 Å². The molecule has 0 saturated heterocycles. The van der Waals surface area contributed by atoms with E-state index in [0.29, 0.717) is 11.8 Å². The van der Waals surface area contributed by atoms with Crippen molar-refractivity contribution in [3.8, 4) is 5.75 Å². The van der Waals surface area contributed by atoms with Crippen LogP contribution in [0.4, 0.5) is 28.9 Å². The second-order valence-corrected chi connectivity index (χ2v) is 6.78. The first-order valence-electron chi connectivity index (χ1n) is 9.44. The number of rotatable bonds is 6. The van der Waals surface area contributed by atoms with E-state index in [0.717, 1.165) is 18.2 Å². The van der Waals surface area contributed by atoms with Crippen LogP contribution in [0.25, 0.3) is 0 Å². The molecule has 9 heteroatoms. The molecule has 166 valence electrons. The van der Waals surface area contributed by atoms with Gasteiger partial charge in [0.1, 0.15) is 11.6 Å². The zero-order valence-electron chi connectivity index (χ0n) is 16.7. The van der Waals surface area contributed by atoms with Gasteiger partial charge in [-0.05, 0) is 61.5 Å². The minimum atomic E-state index is -4.80. The van der Waals surface area contributed by atoms with Gasteiger partial charge in [0.25, 0.3) is 11.8 Å². The lowest BCUT2D eigenvalue weighted by molar-refractivity contribution is -0.137. The molecular formula is C23H18F4N2O3. The third-order valence-electron chi connectivity index (χ3n) is 4.37. The summed E-state index contributed by atoms with van der Waals surface area (Å²) in [6, 6.07) is 15.9. The molecule has 0 fully saturated rings. The van der Waals surface area contributed by atoms with Gasteiger partial charge >= 0.3 is 6.18 Å². The van der Waals surface area contributed by atoms with Crippen LogP contribution in [0.3, 0.4) is 0 Å². The number of carbonyl (C=O) groups is 2. The Morgan fingerprint density at radius 3 is 2.19 bits per heavy atom. The van der Waals surface area contributed by atoms with Gasteiger partial charge in [0.15, 0.2) is 6.10 Å². The predicted octanol–water partition coefficient (Wildman–Crippen LogP) is 5.50. The molecule has 0 aliphatic heterocycles. The van der Waals surface area contributed by atoms with Crippen LogP contribution in [-0.4, -0.2) is 17.9 Å². The lowest BCUT2D eigenvalue weighted by atomic mass is 10.1. The van der Waals surface area contributed by atoms with E-state index in [2.05, 4.69) is 10.6 Å². The normalized spacial score (nSPS) is 12.0. The molecule has 0 aromatic heterocycles. The Morgan fingerprint density at radius 1 is 0.906 bits per heavy atom. The minimum Gasteiger partial charge on any atom is -0.481 e. The second-order valence-electron chi connectivity index (χ2n) is 6.78. The van der Waals surface area contributed by atoms with Gasteiger partial charge in [0.2, 0.25) is 0 Å². The van der Waals surface area contributed by atoms with Crippen molar-refractivity contribution in [1.82, 2.24) is 0 Å². The number of halogens is 4. The Morgan fingerprint density at radius 2 is 1.56 bits per heavy atom. The summed E-state index contributed by atoms with van der Waals surface area (Å²) in [7, 11) is 0. The summed E-state index contributed by atoms with van der Waals surface area (Å²) in [6.07, 6.45) is -5.86. The smallest absolute Gasteiger partial charge is 0.418 e. The van der Waals surface area contributed by atoms with Crippen molar-refractivity contribution in [2.75, 3.05) is 10.6 Å². The maximum absolute atomic E-state index is 13.6. The second kappa shape index (κ2) is 9.51. The van der Waals surface area contributed by atoms with Crippen molar-refractivity contribution in [2.24, 2.45) is 0 Å². The maximum Gasteiger partial charge on any atom is 0.418 e. The van der Waals surface area contributed by atoms with Gasteiger partial charge in [0, 0.05) is 11.3 Å². The fourth-order valence-corrected chi connectivity index (χ4v) is 2.76. The fraction of sp³-hybridized carbons (Fsp3) is 0.130. The van der Waals surface area contributed by atoms with Crippen molar-refractivity contribution in [1.29, 1.82) is 0 Å². The standard InChI is InChI=1S/C23H18F4N2O3/c1-14(32-18-5-3-2-4-6-18)21(30)29-20-12-11-17(13-19(20)23(25,26)27)28-22(31)15-7-9-16(24)10-8-15/h2-14H,1H3,(H,28,31)(H,29,30). The monoisotopic (exact) mass is 446 g/mol. The molecular weight excluding hydrogens is 428 g/mol. The van der Waals surface area contributed by atoms with Crippen LogP contribution >= 0.6 is 0 Å². The molecule has 3 aromatic carbocycles. The van der Waals surface area contributed by atoms with Gasteiger partial charge < -0.3 is 15.4 Å². The molecule has 0 heterocycles. The molecule has 1 unspecified atom stereocenters. The number of ether oxygens (including phenoxy) is 1. The van der Waals surface area contributed by atoms with Gasteiger partial charge in [-0.1, -0.05) is 18.2 Å². The van der Waals surface area contributed by atoms with E-state index in [9.17, 15) is 27.2 Å². The van der Waals surface area contributed by atoms with Crippen molar-refractivity contribution in [3.63, 3.8) is 0 Å². The summed E-state index contributed by atoms with van der Waals surface area (Å²) in [5.74, 6) is -1.64. The third-order valence-corrected chi connectivity index (χ3v) is 4.37. The van der Waals surface area contributed by atoms with Crippen LogP contribution in [0, 0.1) is 5.82 Å². The summed E-state index contributed by atoms with van der Waals surface area (Å²) in [5, 5.41) is 4.54. The molecule has 32 heavy (non-hydrogen) atoms. The highest BCUT2D eigenvalue weighted by Gasteiger charge is 2.35. The first-order valence-corrected chi connectivity index (χ1v) is 9.44. The van der Waals surface area contributed by atoms with Crippen molar-refractivity contribution in [3.05, 3.63) is 89.7 Å². The number of alkyl halides is 3. The van der Waals surface area contributed by atoms with Crippen molar-refractivity contribution in [2.45, 2.75) is 19.2 Å². The van der Waals surface area contributed by atoms with Crippen LogP contribution in [0.2, 0.25) is 0 Å². The molecule has 5 nitrogen and oxygen atoms in total. The van der Waals surface area contributed by atoms with Gasteiger partial charge in [-0.25, -0.2) is 4.39 Å². The average Bonchev–Trinajstić information content (AvgIpc) is 2.75. The number of anilines is 2. The number of benzene rings is 3. The van der Waals surface area contributed by atoms with Gasteiger partial charge in [-0.2, -0.15) is 13.2 Å². The molecule has 0 aliphatic rings. The van der Waals surface area contributed by atoms with Crippen LogP contribution < -0.4 is 15.4 Å². The minimum absolute atomic E-state index is 0.0734. The van der Waals surface area contributed by atoms with Crippen molar-refractivity contribution < 1.29 is 31.9 Å². The Kier molecular flexibility index (Phi) is 6.77. The molecule has 0 saturated carbocycles. The molecule has 2 amide bonds. The highest BCUT2D eigenvalue weighted by Crippen LogP contribution is 2.37. The lowest BCUT2D eigenvalue weighted by Gasteiger charge is -2.18. The Hall–Kier alpha value is -3.88. The molecule has 0 radical (unpaired) electrons. The number of carbonyl (C=O) groups excluding carboxylic acids is 2. The molecule has 3 aromatic rings. The summed E-state index contributed by atoms with van der Waals surface area (Å²) < 4.78 is 59.2. The number of amides is 2. The first-order chi connectivity index (χ1) is 15.1.